The minimum Gasteiger partial charge on any atom is -0.336 e. The molecule has 150 valence electrons. The molecule has 0 spiro atoms. The Morgan fingerprint density at radius 2 is 1.52 bits per heavy atom. The van der Waals surface area contributed by atoms with Gasteiger partial charge in [0.2, 0.25) is 10.0 Å². The van der Waals surface area contributed by atoms with Crippen molar-refractivity contribution >= 4 is 26.7 Å². The highest BCUT2D eigenvalue weighted by Crippen LogP contribution is 2.23. The lowest BCUT2D eigenvalue weighted by molar-refractivity contribution is 0.0698. The summed E-state index contributed by atoms with van der Waals surface area (Å²) in [6, 6.07) is 19.0. The van der Waals surface area contributed by atoms with Gasteiger partial charge in [-0.25, -0.2) is 8.42 Å². The van der Waals surface area contributed by atoms with Crippen LogP contribution in [0.15, 0.2) is 65.6 Å². The van der Waals surface area contributed by atoms with Crippen LogP contribution in [-0.4, -0.2) is 49.7 Å². The zero-order valence-electron chi connectivity index (χ0n) is 16.6. The number of carbonyl (C=O) groups excluding carboxylic acids is 1. The van der Waals surface area contributed by atoms with Gasteiger partial charge in [0.15, 0.2) is 0 Å². The minimum atomic E-state index is -3.56. The maximum Gasteiger partial charge on any atom is 0.253 e. The van der Waals surface area contributed by atoms with Gasteiger partial charge >= 0.3 is 0 Å². The molecule has 0 bridgehead atoms. The predicted octanol–water partition coefficient (Wildman–Crippen LogP) is 3.60. The Balaban J connectivity index is 1.49. The van der Waals surface area contributed by atoms with E-state index in [-0.39, 0.29) is 5.91 Å². The summed E-state index contributed by atoms with van der Waals surface area (Å²) in [5.41, 5.74) is 2.42. The fourth-order valence-electron chi connectivity index (χ4n) is 3.86. The standard InChI is InChI=1S/C23H24N2O3S/c1-17-7-10-22(18(2)15-17)29(27,28)25-13-11-24(12-14-25)23(26)21-9-8-19-5-3-4-6-20(19)16-21/h3-10,15-16H,11-14H2,1-2H3. The average molecular weight is 409 g/mol. The quantitative estimate of drug-likeness (QED) is 0.665. The summed E-state index contributed by atoms with van der Waals surface area (Å²) in [6.45, 7) is 5.13. The van der Waals surface area contributed by atoms with Crippen LogP contribution in [0.1, 0.15) is 21.5 Å². The van der Waals surface area contributed by atoms with E-state index < -0.39 is 10.0 Å². The van der Waals surface area contributed by atoms with Crippen LogP contribution in [0.2, 0.25) is 0 Å². The Morgan fingerprint density at radius 1 is 0.828 bits per heavy atom. The molecule has 0 aliphatic carbocycles. The molecule has 3 aromatic rings. The monoisotopic (exact) mass is 408 g/mol. The van der Waals surface area contributed by atoms with Crippen LogP contribution in [0.4, 0.5) is 0 Å². The predicted molar refractivity (Wildman–Crippen MR) is 115 cm³/mol. The number of amides is 1. The second kappa shape index (κ2) is 7.61. The number of fused-ring (bicyclic) bond motifs is 1. The molecule has 29 heavy (non-hydrogen) atoms. The molecule has 1 aliphatic rings. The lowest BCUT2D eigenvalue weighted by Crippen LogP contribution is -2.50. The number of aryl methyl sites for hydroxylation is 2. The highest BCUT2D eigenvalue weighted by Gasteiger charge is 2.31. The zero-order chi connectivity index (χ0) is 20.6. The molecule has 1 heterocycles. The van der Waals surface area contributed by atoms with Gasteiger partial charge in [-0.1, -0.05) is 48.0 Å². The minimum absolute atomic E-state index is 0.0562. The van der Waals surface area contributed by atoms with Crippen LogP contribution in [0.5, 0.6) is 0 Å². The van der Waals surface area contributed by atoms with Crippen LogP contribution < -0.4 is 0 Å². The van der Waals surface area contributed by atoms with E-state index in [0.29, 0.717) is 36.6 Å². The Bertz CT molecular complexity index is 1180. The highest BCUT2D eigenvalue weighted by molar-refractivity contribution is 7.89. The molecule has 0 aromatic heterocycles. The number of benzene rings is 3. The second-order valence-electron chi connectivity index (χ2n) is 7.53. The van der Waals surface area contributed by atoms with Crippen molar-refractivity contribution in [3.63, 3.8) is 0 Å². The molecule has 0 saturated carbocycles. The highest BCUT2D eigenvalue weighted by atomic mass is 32.2. The number of sulfonamides is 1. The van der Waals surface area contributed by atoms with E-state index in [1.54, 1.807) is 11.0 Å². The first-order valence-electron chi connectivity index (χ1n) is 9.72. The van der Waals surface area contributed by atoms with E-state index in [1.807, 2.05) is 68.4 Å². The number of nitrogens with zero attached hydrogens (tertiary/aromatic N) is 2. The van der Waals surface area contributed by atoms with Gasteiger partial charge in [0.05, 0.1) is 4.90 Å². The normalized spacial score (nSPS) is 15.6. The smallest absolute Gasteiger partial charge is 0.253 e. The van der Waals surface area contributed by atoms with Gasteiger partial charge in [-0.2, -0.15) is 4.31 Å². The van der Waals surface area contributed by atoms with Gasteiger partial charge in [-0.15, -0.1) is 0 Å². The van der Waals surface area contributed by atoms with Gasteiger partial charge in [0.1, 0.15) is 0 Å². The Hall–Kier alpha value is -2.70. The molecule has 0 atom stereocenters. The van der Waals surface area contributed by atoms with E-state index >= 15 is 0 Å². The molecule has 0 unspecified atom stereocenters. The summed E-state index contributed by atoms with van der Waals surface area (Å²) >= 11 is 0. The van der Waals surface area contributed by atoms with E-state index in [4.69, 9.17) is 0 Å². The van der Waals surface area contributed by atoms with Crippen molar-refractivity contribution in [2.75, 3.05) is 26.2 Å². The van der Waals surface area contributed by atoms with Gasteiger partial charge in [0, 0.05) is 31.7 Å². The van der Waals surface area contributed by atoms with Crippen molar-refractivity contribution in [3.05, 3.63) is 77.4 Å². The fraction of sp³-hybridized carbons (Fsp3) is 0.261. The van der Waals surface area contributed by atoms with Crippen molar-refractivity contribution < 1.29 is 13.2 Å². The van der Waals surface area contributed by atoms with E-state index in [9.17, 15) is 13.2 Å². The molecule has 3 aromatic carbocycles. The first kappa shape index (κ1) is 19.6. The maximum absolute atomic E-state index is 13.0. The lowest BCUT2D eigenvalue weighted by atomic mass is 10.1. The van der Waals surface area contributed by atoms with Crippen molar-refractivity contribution in [2.24, 2.45) is 0 Å². The van der Waals surface area contributed by atoms with Crippen LogP contribution in [0, 0.1) is 13.8 Å². The molecular weight excluding hydrogens is 384 g/mol. The van der Waals surface area contributed by atoms with Crippen molar-refractivity contribution in [3.8, 4) is 0 Å². The fourth-order valence-corrected chi connectivity index (χ4v) is 5.49. The molecule has 0 N–H and O–H groups in total. The molecule has 1 saturated heterocycles. The van der Waals surface area contributed by atoms with Gasteiger partial charge in [-0.05, 0) is 48.4 Å². The van der Waals surface area contributed by atoms with Crippen LogP contribution in [0.3, 0.4) is 0 Å². The third-order valence-electron chi connectivity index (χ3n) is 5.47. The number of piperazine rings is 1. The van der Waals surface area contributed by atoms with Crippen LogP contribution in [0.25, 0.3) is 10.8 Å². The number of rotatable bonds is 3. The van der Waals surface area contributed by atoms with E-state index in [0.717, 1.165) is 21.9 Å². The molecule has 1 amide bonds. The zero-order valence-corrected chi connectivity index (χ0v) is 17.4. The van der Waals surface area contributed by atoms with Crippen LogP contribution in [-0.2, 0) is 10.0 Å². The summed E-state index contributed by atoms with van der Waals surface area (Å²) in [7, 11) is -3.56. The Kier molecular flexibility index (Phi) is 5.15. The summed E-state index contributed by atoms with van der Waals surface area (Å²) in [5, 5.41) is 2.11. The lowest BCUT2D eigenvalue weighted by Gasteiger charge is -2.34. The third kappa shape index (κ3) is 3.78. The maximum atomic E-state index is 13.0. The SMILES string of the molecule is Cc1ccc(S(=O)(=O)N2CCN(C(=O)c3ccc4ccccc4c3)CC2)c(C)c1. The molecule has 5 nitrogen and oxygen atoms in total. The molecular formula is C23H24N2O3S. The number of hydrogen-bond donors (Lipinski definition) is 0. The summed E-state index contributed by atoms with van der Waals surface area (Å²) in [4.78, 5) is 15.0. The third-order valence-corrected chi connectivity index (χ3v) is 7.53. The van der Waals surface area contributed by atoms with Crippen molar-refractivity contribution in [1.29, 1.82) is 0 Å². The van der Waals surface area contributed by atoms with Crippen molar-refractivity contribution in [1.82, 2.24) is 9.21 Å². The molecule has 4 rings (SSSR count). The first-order valence-corrected chi connectivity index (χ1v) is 11.2. The average Bonchev–Trinajstić information content (AvgIpc) is 2.72. The van der Waals surface area contributed by atoms with Gasteiger partial charge in [0.25, 0.3) is 5.91 Å². The Morgan fingerprint density at radius 3 is 2.21 bits per heavy atom. The van der Waals surface area contributed by atoms with E-state index in [2.05, 4.69) is 0 Å². The molecule has 6 heteroatoms. The first-order chi connectivity index (χ1) is 13.9. The summed E-state index contributed by atoms with van der Waals surface area (Å²) in [5.74, 6) is -0.0562. The van der Waals surface area contributed by atoms with Gasteiger partial charge in [-0.3, -0.25) is 4.79 Å². The topological polar surface area (TPSA) is 57.7 Å². The Labute approximate surface area is 171 Å². The second-order valence-corrected chi connectivity index (χ2v) is 9.43. The van der Waals surface area contributed by atoms with Crippen LogP contribution >= 0.6 is 0 Å². The number of hydrogen-bond acceptors (Lipinski definition) is 3. The molecule has 1 aliphatic heterocycles. The van der Waals surface area contributed by atoms with Gasteiger partial charge < -0.3 is 4.90 Å². The molecule has 0 radical (unpaired) electrons. The van der Waals surface area contributed by atoms with Crippen molar-refractivity contribution in [2.45, 2.75) is 18.7 Å². The number of carbonyl (C=O) groups is 1. The summed E-state index contributed by atoms with van der Waals surface area (Å²) < 4.78 is 27.6. The summed E-state index contributed by atoms with van der Waals surface area (Å²) in [6.07, 6.45) is 0. The molecule has 1 fully saturated rings. The largest absolute Gasteiger partial charge is 0.336 e. The van der Waals surface area contributed by atoms with E-state index in [1.165, 1.54) is 4.31 Å².